The minimum absolute atomic E-state index is 0.00814. The zero-order valence-corrected chi connectivity index (χ0v) is 15.6. The Bertz CT molecular complexity index is 666. The number of carboxylic acid groups (broad SMARTS) is 1. The van der Waals surface area contributed by atoms with Crippen LogP contribution < -0.4 is 22.9 Å². The molecular formula is C17H28N4O6. The molecule has 0 aliphatic heterocycles. The van der Waals surface area contributed by atoms with Gasteiger partial charge in [-0.2, -0.15) is 0 Å². The van der Waals surface area contributed by atoms with Crippen LogP contribution in [0.15, 0.2) is 0 Å². The molecule has 0 aromatic carbocycles. The number of aliphatic carboxylic acids is 1. The maximum absolute atomic E-state index is 13.2. The van der Waals surface area contributed by atoms with Gasteiger partial charge in [-0.25, -0.2) is 0 Å². The van der Waals surface area contributed by atoms with E-state index in [2.05, 4.69) is 0 Å². The van der Waals surface area contributed by atoms with E-state index >= 15 is 0 Å². The Labute approximate surface area is 157 Å². The highest BCUT2D eigenvalue weighted by molar-refractivity contribution is 6.19. The minimum Gasteiger partial charge on any atom is -0.480 e. The number of ketones is 4. The first kappa shape index (κ1) is 23.0. The molecule has 27 heavy (non-hydrogen) atoms. The zero-order chi connectivity index (χ0) is 21.2. The average molecular weight is 384 g/mol. The number of hydrogen-bond acceptors (Lipinski definition) is 9. The zero-order valence-electron chi connectivity index (χ0n) is 15.6. The molecule has 0 amide bonds. The molecule has 5 unspecified atom stereocenters. The molecule has 0 bridgehead atoms. The van der Waals surface area contributed by atoms with Crippen molar-refractivity contribution in [1.29, 1.82) is 0 Å². The fourth-order valence-electron chi connectivity index (χ4n) is 3.29. The number of carbonyl (C=O) groups excluding carboxylic acids is 4. The molecule has 10 heteroatoms. The van der Waals surface area contributed by atoms with Crippen LogP contribution in [-0.4, -0.2) is 59.4 Å². The quantitative estimate of drug-likeness (QED) is 0.321. The van der Waals surface area contributed by atoms with E-state index < -0.39 is 64.5 Å². The van der Waals surface area contributed by atoms with Crippen LogP contribution in [0.2, 0.25) is 0 Å². The Hall–Kier alpha value is -2.01. The van der Waals surface area contributed by atoms with Gasteiger partial charge >= 0.3 is 5.97 Å². The predicted octanol–water partition coefficient (Wildman–Crippen LogP) is -2.27. The predicted molar refractivity (Wildman–Crippen MR) is 95.3 cm³/mol. The number of nitrogens with two attached hydrogens (primary N) is 4. The second-order valence-electron chi connectivity index (χ2n) is 7.43. The topological polar surface area (TPSA) is 210 Å². The molecular weight excluding hydrogens is 356 g/mol. The van der Waals surface area contributed by atoms with Crippen LogP contribution in [0.3, 0.4) is 0 Å². The maximum atomic E-state index is 13.2. The molecule has 0 radical (unpaired) electrons. The fourth-order valence-corrected chi connectivity index (χ4v) is 3.29. The van der Waals surface area contributed by atoms with E-state index in [0.717, 1.165) is 13.8 Å². The minimum atomic E-state index is -2.19. The smallest absolute Gasteiger partial charge is 0.318 e. The summed E-state index contributed by atoms with van der Waals surface area (Å²) in [5, 5.41) is 9.48. The van der Waals surface area contributed by atoms with Gasteiger partial charge in [-0.15, -0.1) is 0 Å². The Morgan fingerprint density at radius 1 is 1.19 bits per heavy atom. The van der Waals surface area contributed by atoms with Gasteiger partial charge in [-0.1, -0.05) is 0 Å². The molecule has 1 rings (SSSR count). The number of Topliss-reactive ketones (excluding diaryl/α,β-unsaturated/α-hetero) is 4. The lowest BCUT2D eigenvalue weighted by Crippen LogP contribution is -2.63. The number of hydrogen-bond donors (Lipinski definition) is 5. The number of carboxylic acids is 1. The Morgan fingerprint density at radius 2 is 1.74 bits per heavy atom. The van der Waals surface area contributed by atoms with Crippen molar-refractivity contribution in [3.05, 3.63) is 0 Å². The first-order valence-electron chi connectivity index (χ1n) is 8.67. The highest BCUT2D eigenvalue weighted by Gasteiger charge is 2.58. The normalized spacial score (nSPS) is 32.7. The molecule has 0 heterocycles. The van der Waals surface area contributed by atoms with E-state index in [-0.39, 0.29) is 25.8 Å². The van der Waals surface area contributed by atoms with Crippen molar-refractivity contribution in [2.75, 3.05) is 13.1 Å². The molecule has 1 saturated carbocycles. The highest BCUT2D eigenvalue weighted by atomic mass is 16.4. The molecule has 152 valence electrons. The molecule has 1 aliphatic carbocycles. The van der Waals surface area contributed by atoms with Crippen molar-refractivity contribution >= 4 is 29.1 Å². The Balaban J connectivity index is 3.58. The first-order valence-corrected chi connectivity index (χ1v) is 8.67. The third-order valence-electron chi connectivity index (χ3n) is 5.55. The van der Waals surface area contributed by atoms with E-state index in [9.17, 15) is 29.1 Å². The van der Waals surface area contributed by atoms with Gasteiger partial charge in [0.2, 0.25) is 0 Å². The average Bonchev–Trinajstić information content (AvgIpc) is 2.65. The highest BCUT2D eigenvalue weighted by Crippen LogP contribution is 2.37. The standard InChI is InChI=1S/C17H28N4O6/c1-16(7-19,15(26)27)14(25)17(2)12(21)10(22)4-3-9(20)11(23)5-8(6-18)13(17)24/h8-9,12H,3-7,18-21H2,1-2H3,(H,26,27). The van der Waals surface area contributed by atoms with Gasteiger partial charge in [0.25, 0.3) is 0 Å². The van der Waals surface area contributed by atoms with Crippen LogP contribution in [0.1, 0.15) is 33.1 Å². The van der Waals surface area contributed by atoms with E-state index in [1.807, 2.05) is 0 Å². The monoisotopic (exact) mass is 384 g/mol. The van der Waals surface area contributed by atoms with Crippen molar-refractivity contribution in [2.45, 2.75) is 45.2 Å². The van der Waals surface area contributed by atoms with Crippen LogP contribution in [0.25, 0.3) is 0 Å². The molecule has 5 atom stereocenters. The second-order valence-corrected chi connectivity index (χ2v) is 7.43. The third-order valence-corrected chi connectivity index (χ3v) is 5.55. The summed E-state index contributed by atoms with van der Waals surface area (Å²) in [6, 6.07) is -2.55. The van der Waals surface area contributed by atoms with Crippen LogP contribution >= 0.6 is 0 Å². The van der Waals surface area contributed by atoms with E-state index in [1.54, 1.807) is 0 Å². The lowest BCUT2D eigenvalue weighted by molar-refractivity contribution is -0.162. The summed E-state index contributed by atoms with van der Waals surface area (Å²) >= 11 is 0. The van der Waals surface area contributed by atoms with E-state index in [0.29, 0.717) is 0 Å². The largest absolute Gasteiger partial charge is 0.480 e. The summed E-state index contributed by atoms with van der Waals surface area (Å²) in [4.78, 5) is 62.8. The van der Waals surface area contributed by atoms with Gasteiger partial charge in [0.15, 0.2) is 17.3 Å². The molecule has 0 saturated heterocycles. The summed E-state index contributed by atoms with van der Waals surface area (Å²) in [5.74, 6) is -5.71. The fraction of sp³-hybridized carbons (Fsp3) is 0.706. The van der Waals surface area contributed by atoms with Crippen LogP contribution in [0.5, 0.6) is 0 Å². The van der Waals surface area contributed by atoms with E-state index in [4.69, 9.17) is 22.9 Å². The Kier molecular flexibility index (Phi) is 7.11. The number of rotatable bonds is 5. The molecule has 1 aliphatic rings. The SMILES string of the molecule is CC(CN)(C(=O)O)C(=O)C1(C)C(=O)C(CN)CC(=O)C(N)CCC(=O)C1N. The molecule has 0 spiro atoms. The first-order chi connectivity index (χ1) is 12.4. The van der Waals surface area contributed by atoms with Crippen LogP contribution in [0, 0.1) is 16.7 Å². The van der Waals surface area contributed by atoms with Crippen molar-refractivity contribution in [2.24, 2.45) is 39.7 Å². The maximum Gasteiger partial charge on any atom is 0.318 e. The van der Waals surface area contributed by atoms with Gasteiger partial charge in [0, 0.05) is 31.8 Å². The summed E-state index contributed by atoms with van der Waals surface area (Å²) in [7, 11) is 0. The molecule has 9 N–H and O–H groups in total. The molecule has 1 fully saturated rings. The van der Waals surface area contributed by atoms with Gasteiger partial charge in [0.1, 0.15) is 16.6 Å². The summed E-state index contributed by atoms with van der Waals surface area (Å²) in [5.41, 5.74) is 18.5. The van der Waals surface area contributed by atoms with E-state index in [1.165, 1.54) is 0 Å². The third kappa shape index (κ3) is 3.98. The van der Waals surface area contributed by atoms with Gasteiger partial charge in [0.05, 0.1) is 12.1 Å². The summed E-state index contributed by atoms with van der Waals surface area (Å²) in [6.07, 6.45) is -0.523. The van der Waals surface area contributed by atoms with Gasteiger partial charge in [-0.05, 0) is 20.3 Å². The number of carbonyl (C=O) groups is 5. The lowest BCUT2D eigenvalue weighted by atomic mass is 9.61. The molecule has 10 nitrogen and oxygen atoms in total. The van der Waals surface area contributed by atoms with Crippen LogP contribution in [-0.2, 0) is 24.0 Å². The van der Waals surface area contributed by atoms with Crippen LogP contribution in [0.4, 0.5) is 0 Å². The second kappa shape index (κ2) is 8.34. The van der Waals surface area contributed by atoms with Crippen molar-refractivity contribution in [3.63, 3.8) is 0 Å². The lowest BCUT2D eigenvalue weighted by Gasteiger charge is -2.39. The molecule has 0 aromatic heterocycles. The summed E-state index contributed by atoms with van der Waals surface area (Å²) < 4.78 is 0. The van der Waals surface area contributed by atoms with Crippen molar-refractivity contribution < 1.29 is 29.1 Å². The summed E-state index contributed by atoms with van der Waals surface area (Å²) in [6.45, 7) is 1.33. The van der Waals surface area contributed by atoms with Gasteiger partial charge in [-0.3, -0.25) is 24.0 Å². The van der Waals surface area contributed by atoms with Crippen molar-refractivity contribution in [3.8, 4) is 0 Å². The molecule has 0 aromatic rings. The Morgan fingerprint density at radius 3 is 2.19 bits per heavy atom. The van der Waals surface area contributed by atoms with Gasteiger partial charge < -0.3 is 28.0 Å². The van der Waals surface area contributed by atoms with Crippen molar-refractivity contribution in [1.82, 2.24) is 0 Å².